The number of hydrogen-bond acceptors (Lipinski definition) is 5. The van der Waals surface area contributed by atoms with E-state index in [0.29, 0.717) is 12.4 Å². The van der Waals surface area contributed by atoms with Gasteiger partial charge in [0.1, 0.15) is 11.4 Å². The number of amidine groups is 1. The van der Waals surface area contributed by atoms with Crippen LogP contribution in [0.25, 0.3) is 0 Å². The third-order valence-electron chi connectivity index (χ3n) is 4.01. The average Bonchev–Trinajstić information content (AvgIpc) is 2.72. The van der Waals surface area contributed by atoms with E-state index in [-0.39, 0.29) is 17.2 Å². The molecule has 1 aromatic heterocycles. The molecule has 0 unspecified atom stereocenters. The van der Waals surface area contributed by atoms with E-state index in [4.69, 9.17) is 10.1 Å². The predicted octanol–water partition coefficient (Wildman–Crippen LogP) is 4.55. The Hall–Kier alpha value is -3.62. The van der Waals surface area contributed by atoms with Crippen LogP contribution in [0.4, 0.5) is 24.7 Å². The Morgan fingerprint density at radius 3 is 2.48 bits per heavy atom. The summed E-state index contributed by atoms with van der Waals surface area (Å²) in [6.45, 7) is 0.423. The Labute approximate surface area is 165 Å². The number of halogens is 3. The summed E-state index contributed by atoms with van der Waals surface area (Å²) < 4.78 is 43.8. The number of aromatic nitrogens is 2. The monoisotopic (exact) mass is 401 g/mol. The third kappa shape index (κ3) is 5.22. The second kappa shape index (κ2) is 8.59. The molecule has 0 spiro atoms. The number of anilines is 2. The molecule has 0 fully saturated rings. The van der Waals surface area contributed by atoms with Crippen LogP contribution in [0.2, 0.25) is 0 Å². The van der Waals surface area contributed by atoms with Gasteiger partial charge in [0.25, 0.3) is 0 Å². The van der Waals surface area contributed by atoms with Crippen molar-refractivity contribution < 1.29 is 17.9 Å². The van der Waals surface area contributed by atoms with Gasteiger partial charge in [-0.3, -0.25) is 5.41 Å². The zero-order valence-corrected chi connectivity index (χ0v) is 15.4. The first-order valence-corrected chi connectivity index (χ1v) is 8.58. The number of nitrogens with zero attached hydrogens (tertiary/aromatic N) is 2. The topological polar surface area (TPSA) is 82.9 Å². The second-order valence-electron chi connectivity index (χ2n) is 6.03. The van der Waals surface area contributed by atoms with Crippen molar-refractivity contribution in [3.8, 4) is 5.75 Å². The predicted molar refractivity (Wildman–Crippen MR) is 104 cm³/mol. The lowest BCUT2D eigenvalue weighted by Gasteiger charge is -2.14. The van der Waals surface area contributed by atoms with Crippen LogP contribution in [-0.2, 0) is 12.7 Å². The Bertz CT molecular complexity index is 990. The molecule has 3 N–H and O–H groups in total. The van der Waals surface area contributed by atoms with Crippen LogP contribution in [0, 0.1) is 5.41 Å². The molecule has 0 radical (unpaired) electrons. The number of ether oxygens (including phenoxy) is 1. The molecule has 0 atom stereocenters. The largest absolute Gasteiger partial charge is 0.497 e. The highest BCUT2D eigenvalue weighted by molar-refractivity contribution is 6.07. The lowest BCUT2D eigenvalue weighted by molar-refractivity contribution is -0.137. The van der Waals surface area contributed by atoms with Crippen molar-refractivity contribution in [2.75, 3.05) is 17.7 Å². The van der Waals surface area contributed by atoms with Gasteiger partial charge >= 0.3 is 6.18 Å². The molecule has 0 aliphatic rings. The van der Waals surface area contributed by atoms with Crippen molar-refractivity contribution in [3.05, 3.63) is 77.7 Å². The molecular formula is C20H18F3N5O. The fraction of sp³-hybridized carbons (Fsp3) is 0.150. The number of nitrogens with one attached hydrogen (secondary N) is 3. The first-order valence-electron chi connectivity index (χ1n) is 8.58. The van der Waals surface area contributed by atoms with E-state index in [9.17, 15) is 13.2 Å². The molecule has 1 heterocycles. The third-order valence-corrected chi connectivity index (χ3v) is 4.01. The lowest BCUT2D eigenvalue weighted by atomic mass is 10.2. The van der Waals surface area contributed by atoms with Crippen molar-refractivity contribution in [3.63, 3.8) is 0 Å². The Morgan fingerprint density at radius 2 is 1.79 bits per heavy atom. The Morgan fingerprint density at radius 1 is 1.07 bits per heavy atom. The van der Waals surface area contributed by atoms with Crippen LogP contribution < -0.4 is 15.4 Å². The van der Waals surface area contributed by atoms with E-state index in [1.165, 1.54) is 24.5 Å². The molecular weight excluding hydrogens is 383 g/mol. The number of rotatable bonds is 6. The summed E-state index contributed by atoms with van der Waals surface area (Å²) in [7, 11) is 1.59. The zero-order valence-electron chi connectivity index (χ0n) is 15.4. The summed E-state index contributed by atoms with van der Waals surface area (Å²) in [6, 6.07) is 12.1. The minimum absolute atomic E-state index is 0.136. The van der Waals surface area contributed by atoms with E-state index in [2.05, 4.69) is 20.6 Å². The van der Waals surface area contributed by atoms with Gasteiger partial charge in [-0.2, -0.15) is 13.2 Å². The molecule has 6 nitrogen and oxygen atoms in total. The summed E-state index contributed by atoms with van der Waals surface area (Å²) in [4.78, 5) is 8.32. The molecule has 3 rings (SSSR count). The van der Waals surface area contributed by atoms with Gasteiger partial charge in [-0.1, -0.05) is 18.2 Å². The van der Waals surface area contributed by atoms with Crippen LogP contribution in [0.5, 0.6) is 5.75 Å². The highest BCUT2D eigenvalue weighted by atomic mass is 19.4. The zero-order chi connectivity index (χ0) is 20.9. The average molecular weight is 401 g/mol. The van der Waals surface area contributed by atoms with E-state index < -0.39 is 11.7 Å². The van der Waals surface area contributed by atoms with Gasteiger partial charge in [0.2, 0.25) is 0 Å². The smallest absolute Gasteiger partial charge is 0.416 e. The van der Waals surface area contributed by atoms with E-state index in [0.717, 1.165) is 23.4 Å². The molecule has 0 amide bonds. The van der Waals surface area contributed by atoms with Gasteiger partial charge in [0.15, 0.2) is 11.7 Å². The van der Waals surface area contributed by atoms with Crippen LogP contribution in [0.1, 0.15) is 16.8 Å². The van der Waals surface area contributed by atoms with Gasteiger partial charge in [-0.25, -0.2) is 9.97 Å². The van der Waals surface area contributed by atoms with Crippen LogP contribution in [0.3, 0.4) is 0 Å². The normalized spacial score (nSPS) is 11.0. The minimum Gasteiger partial charge on any atom is -0.497 e. The summed E-state index contributed by atoms with van der Waals surface area (Å²) >= 11 is 0. The molecule has 3 aromatic rings. The molecule has 2 aromatic carbocycles. The SMILES string of the molecule is COc1ccc(CNc2nccnc2C(=N)Nc2cccc(C(F)(F)F)c2)cc1. The minimum atomic E-state index is -4.46. The van der Waals surface area contributed by atoms with Crippen molar-refractivity contribution in [1.82, 2.24) is 9.97 Å². The fourth-order valence-electron chi connectivity index (χ4n) is 2.56. The Balaban J connectivity index is 1.73. The molecule has 150 valence electrons. The van der Waals surface area contributed by atoms with Crippen LogP contribution in [-0.4, -0.2) is 22.9 Å². The molecule has 0 aliphatic heterocycles. The Kier molecular flexibility index (Phi) is 5.96. The first kappa shape index (κ1) is 20.1. The van der Waals surface area contributed by atoms with Gasteiger partial charge in [-0.05, 0) is 35.9 Å². The van der Waals surface area contributed by atoms with Gasteiger partial charge in [0.05, 0.1) is 12.7 Å². The van der Waals surface area contributed by atoms with Crippen LogP contribution in [0.15, 0.2) is 60.9 Å². The molecule has 29 heavy (non-hydrogen) atoms. The quantitative estimate of drug-likeness (QED) is 0.417. The highest BCUT2D eigenvalue weighted by Gasteiger charge is 2.30. The number of methoxy groups -OCH3 is 1. The van der Waals surface area contributed by atoms with Gasteiger partial charge < -0.3 is 15.4 Å². The highest BCUT2D eigenvalue weighted by Crippen LogP contribution is 2.30. The van der Waals surface area contributed by atoms with E-state index in [1.54, 1.807) is 7.11 Å². The molecule has 0 bridgehead atoms. The summed E-state index contributed by atoms with van der Waals surface area (Å²) in [5.74, 6) is 0.906. The lowest BCUT2D eigenvalue weighted by Crippen LogP contribution is -2.18. The number of benzene rings is 2. The van der Waals surface area contributed by atoms with Gasteiger partial charge in [-0.15, -0.1) is 0 Å². The fourth-order valence-corrected chi connectivity index (χ4v) is 2.56. The number of hydrogen-bond donors (Lipinski definition) is 3. The molecule has 0 saturated carbocycles. The summed E-state index contributed by atoms with van der Waals surface area (Å²) in [5, 5.41) is 14.0. The van der Waals surface area contributed by atoms with E-state index >= 15 is 0 Å². The molecule has 0 saturated heterocycles. The number of alkyl halides is 3. The second-order valence-corrected chi connectivity index (χ2v) is 6.03. The van der Waals surface area contributed by atoms with Crippen molar-refractivity contribution >= 4 is 17.3 Å². The molecule has 0 aliphatic carbocycles. The van der Waals surface area contributed by atoms with Crippen molar-refractivity contribution in [1.29, 1.82) is 5.41 Å². The van der Waals surface area contributed by atoms with Crippen molar-refractivity contribution in [2.24, 2.45) is 0 Å². The van der Waals surface area contributed by atoms with Crippen molar-refractivity contribution in [2.45, 2.75) is 12.7 Å². The first-order chi connectivity index (χ1) is 13.9. The van der Waals surface area contributed by atoms with Gasteiger partial charge in [0, 0.05) is 24.6 Å². The summed E-state index contributed by atoms with van der Waals surface area (Å²) in [5.41, 5.74) is 0.488. The standard InChI is InChI=1S/C20H18F3N5O/c1-29-16-7-5-13(6-8-16)12-27-19-17(25-9-10-26-19)18(24)28-15-4-2-3-14(11-15)20(21,22)23/h2-11H,12H2,1H3,(H2,24,28)(H,26,27). The maximum atomic E-state index is 12.9. The maximum Gasteiger partial charge on any atom is 0.416 e. The summed E-state index contributed by atoms with van der Waals surface area (Å²) in [6.07, 6.45) is -1.58. The van der Waals surface area contributed by atoms with E-state index in [1.807, 2.05) is 24.3 Å². The maximum absolute atomic E-state index is 12.9. The molecule has 9 heteroatoms. The van der Waals surface area contributed by atoms with Crippen LogP contribution >= 0.6 is 0 Å².